The lowest BCUT2D eigenvalue weighted by Crippen LogP contribution is -2.52. The smallest absolute Gasteiger partial charge is 0.323 e. The number of carbonyl (C=O) groups is 4. The van der Waals surface area contributed by atoms with Crippen LogP contribution in [0.4, 0.5) is 5.69 Å². The van der Waals surface area contributed by atoms with E-state index < -0.39 is 17.9 Å². The van der Waals surface area contributed by atoms with Crippen molar-refractivity contribution in [3.63, 3.8) is 0 Å². The number of carbonyl (C=O) groups excluding carboxylic acids is 3. The quantitative estimate of drug-likeness (QED) is 0.742. The number of carboxylic acids is 1. The molecule has 1 aromatic rings. The number of anilines is 1. The largest absolute Gasteiger partial charge is 0.480 e. The second kappa shape index (κ2) is 5.58. The number of rotatable bonds is 3. The van der Waals surface area contributed by atoms with Crippen LogP contribution in [0.3, 0.4) is 0 Å². The van der Waals surface area contributed by atoms with Gasteiger partial charge in [0.15, 0.2) is 0 Å². The second-order valence-corrected chi connectivity index (χ2v) is 6.60. The number of hydrogen-bond donors (Lipinski definition) is 2. The first kappa shape index (κ1) is 15.6. The lowest BCUT2D eigenvalue weighted by Gasteiger charge is -2.29. The fourth-order valence-electron chi connectivity index (χ4n) is 3.85. The van der Waals surface area contributed by atoms with Crippen molar-refractivity contribution in [3.05, 3.63) is 28.8 Å². The van der Waals surface area contributed by atoms with Crippen LogP contribution in [-0.4, -0.2) is 52.8 Å². The van der Waals surface area contributed by atoms with E-state index in [-0.39, 0.29) is 24.8 Å². The van der Waals surface area contributed by atoms with Crippen molar-refractivity contribution in [2.45, 2.75) is 31.8 Å². The van der Waals surface area contributed by atoms with Gasteiger partial charge in [-0.3, -0.25) is 24.5 Å². The zero-order chi connectivity index (χ0) is 17.7. The van der Waals surface area contributed by atoms with Crippen molar-refractivity contribution in [3.8, 4) is 0 Å². The van der Waals surface area contributed by atoms with Gasteiger partial charge < -0.3 is 14.9 Å². The van der Waals surface area contributed by atoms with E-state index in [0.29, 0.717) is 31.5 Å². The van der Waals surface area contributed by atoms with E-state index in [1.807, 2.05) is 12.1 Å². The molecule has 1 atom stereocenters. The van der Waals surface area contributed by atoms with Gasteiger partial charge in [0.25, 0.3) is 5.91 Å². The molecule has 0 aliphatic carbocycles. The maximum atomic E-state index is 12.7. The number of aliphatic carboxylic acids is 1. The Balaban J connectivity index is 1.61. The summed E-state index contributed by atoms with van der Waals surface area (Å²) < 4.78 is 0. The van der Waals surface area contributed by atoms with Crippen molar-refractivity contribution in [1.82, 2.24) is 10.2 Å². The fourth-order valence-corrected chi connectivity index (χ4v) is 3.85. The third kappa shape index (κ3) is 2.54. The highest BCUT2D eigenvalue weighted by Gasteiger charge is 2.40. The zero-order valence-corrected chi connectivity index (χ0v) is 13.4. The van der Waals surface area contributed by atoms with Crippen LogP contribution in [-0.2, 0) is 27.3 Å². The Hall–Kier alpha value is -2.90. The standard InChI is InChI=1S/C17H17N3O5/c21-14-2-1-12(16(24)18-14)20-7-10-6-13-9(5-11(10)17(20)25)3-4-19(13)8-15(22)23/h5-6,12H,1-4,7-8H2,(H,22,23)(H,18,21,24). The molecule has 1 saturated heterocycles. The summed E-state index contributed by atoms with van der Waals surface area (Å²) in [5.74, 6) is -1.84. The Morgan fingerprint density at radius 3 is 2.72 bits per heavy atom. The summed E-state index contributed by atoms with van der Waals surface area (Å²) in [7, 11) is 0. The first-order valence-corrected chi connectivity index (χ1v) is 8.21. The predicted octanol–water partition coefficient (Wildman–Crippen LogP) is -0.105. The van der Waals surface area contributed by atoms with E-state index in [4.69, 9.17) is 5.11 Å². The Labute approximate surface area is 143 Å². The van der Waals surface area contributed by atoms with Gasteiger partial charge >= 0.3 is 5.97 Å². The summed E-state index contributed by atoms with van der Waals surface area (Å²) in [6.07, 6.45) is 1.25. The van der Waals surface area contributed by atoms with E-state index in [0.717, 1.165) is 16.8 Å². The predicted molar refractivity (Wildman–Crippen MR) is 86.0 cm³/mol. The van der Waals surface area contributed by atoms with Gasteiger partial charge in [-0.1, -0.05) is 0 Å². The molecule has 1 aromatic carbocycles. The molecule has 1 unspecified atom stereocenters. The topological polar surface area (TPSA) is 107 Å². The number of carboxylic acid groups (broad SMARTS) is 1. The van der Waals surface area contributed by atoms with Crippen LogP contribution >= 0.6 is 0 Å². The number of imide groups is 1. The van der Waals surface area contributed by atoms with E-state index in [1.54, 1.807) is 4.90 Å². The third-order valence-electron chi connectivity index (χ3n) is 5.04. The number of fused-ring (bicyclic) bond motifs is 2. The first-order valence-electron chi connectivity index (χ1n) is 8.21. The Morgan fingerprint density at radius 2 is 2.00 bits per heavy atom. The maximum Gasteiger partial charge on any atom is 0.323 e. The fraction of sp³-hybridized carbons (Fsp3) is 0.412. The highest BCUT2D eigenvalue weighted by molar-refractivity contribution is 6.05. The van der Waals surface area contributed by atoms with Crippen LogP contribution in [0.5, 0.6) is 0 Å². The minimum absolute atomic E-state index is 0.0728. The van der Waals surface area contributed by atoms with Crippen LogP contribution < -0.4 is 10.2 Å². The number of nitrogens with zero attached hydrogens (tertiary/aromatic N) is 2. The molecular formula is C17H17N3O5. The molecule has 0 saturated carbocycles. The molecule has 2 N–H and O–H groups in total. The Bertz CT molecular complexity index is 819. The highest BCUT2D eigenvalue weighted by atomic mass is 16.4. The first-order chi connectivity index (χ1) is 11.9. The van der Waals surface area contributed by atoms with Gasteiger partial charge in [-0.2, -0.15) is 0 Å². The van der Waals surface area contributed by atoms with Gasteiger partial charge in [0.1, 0.15) is 12.6 Å². The molecular weight excluding hydrogens is 326 g/mol. The summed E-state index contributed by atoms with van der Waals surface area (Å²) in [6.45, 7) is 0.848. The molecule has 0 aromatic heterocycles. The summed E-state index contributed by atoms with van der Waals surface area (Å²) in [4.78, 5) is 50.4. The molecule has 3 amide bonds. The van der Waals surface area contributed by atoms with Crippen molar-refractivity contribution in [2.24, 2.45) is 0 Å². The number of amides is 3. The molecule has 4 rings (SSSR count). The summed E-state index contributed by atoms with van der Waals surface area (Å²) >= 11 is 0. The molecule has 0 spiro atoms. The highest BCUT2D eigenvalue weighted by Crippen LogP contribution is 2.36. The molecule has 3 aliphatic rings. The SMILES string of the molecule is O=C(O)CN1CCc2cc3c(cc21)CN(C1CCC(=O)NC1=O)C3=O. The minimum Gasteiger partial charge on any atom is -0.480 e. The zero-order valence-electron chi connectivity index (χ0n) is 13.4. The number of nitrogens with one attached hydrogen (secondary N) is 1. The van der Waals surface area contributed by atoms with Crippen LogP contribution in [0.1, 0.15) is 34.3 Å². The van der Waals surface area contributed by atoms with Gasteiger partial charge in [0, 0.05) is 30.8 Å². The third-order valence-corrected chi connectivity index (χ3v) is 5.04. The monoisotopic (exact) mass is 343 g/mol. The van der Waals surface area contributed by atoms with Crippen LogP contribution in [0.2, 0.25) is 0 Å². The Morgan fingerprint density at radius 1 is 1.20 bits per heavy atom. The van der Waals surface area contributed by atoms with Crippen LogP contribution in [0.25, 0.3) is 0 Å². The normalized spacial score (nSPS) is 22.1. The molecule has 130 valence electrons. The van der Waals surface area contributed by atoms with Crippen molar-refractivity contribution in [2.75, 3.05) is 18.0 Å². The second-order valence-electron chi connectivity index (χ2n) is 6.60. The molecule has 1 fully saturated rings. The van der Waals surface area contributed by atoms with Crippen LogP contribution in [0, 0.1) is 0 Å². The molecule has 8 nitrogen and oxygen atoms in total. The van der Waals surface area contributed by atoms with E-state index in [2.05, 4.69) is 5.32 Å². The van der Waals surface area contributed by atoms with Crippen molar-refractivity contribution >= 4 is 29.4 Å². The van der Waals surface area contributed by atoms with Gasteiger partial charge in [-0.15, -0.1) is 0 Å². The van der Waals surface area contributed by atoms with E-state index in [9.17, 15) is 19.2 Å². The Kier molecular flexibility index (Phi) is 3.48. The van der Waals surface area contributed by atoms with Gasteiger partial charge in [-0.05, 0) is 36.1 Å². The lowest BCUT2D eigenvalue weighted by atomic mass is 10.0. The lowest BCUT2D eigenvalue weighted by molar-refractivity contribution is -0.137. The number of piperidine rings is 1. The molecule has 25 heavy (non-hydrogen) atoms. The summed E-state index contributed by atoms with van der Waals surface area (Å²) in [5.41, 5.74) is 3.17. The van der Waals surface area contributed by atoms with Crippen molar-refractivity contribution < 1.29 is 24.3 Å². The summed E-state index contributed by atoms with van der Waals surface area (Å²) in [6, 6.07) is 3.05. The van der Waals surface area contributed by atoms with Crippen molar-refractivity contribution in [1.29, 1.82) is 0 Å². The van der Waals surface area contributed by atoms with E-state index in [1.165, 1.54) is 4.90 Å². The molecule has 8 heteroatoms. The van der Waals surface area contributed by atoms with Gasteiger partial charge in [-0.25, -0.2) is 0 Å². The minimum atomic E-state index is -0.894. The summed E-state index contributed by atoms with van der Waals surface area (Å²) in [5, 5.41) is 11.3. The van der Waals surface area contributed by atoms with Gasteiger partial charge in [0.2, 0.25) is 11.8 Å². The molecule has 3 heterocycles. The number of benzene rings is 1. The average Bonchev–Trinajstić information content (AvgIpc) is 3.07. The van der Waals surface area contributed by atoms with Crippen LogP contribution in [0.15, 0.2) is 12.1 Å². The maximum absolute atomic E-state index is 12.7. The molecule has 0 radical (unpaired) electrons. The number of hydrogen-bond acceptors (Lipinski definition) is 5. The average molecular weight is 343 g/mol. The van der Waals surface area contributed by atoms with Gasteiger partial charge in [0.05, 0.1) is 0 Å². The molecule has 0 bridgehead atoms. The molecule has 3 aliphatic heterocycles. The van der Waals surface area contributed by atoms with E-state index >= 15 is 0 Å².